The molecule has 0 bridgehead atoms. The number of carbonyl (C=O) groups is 2. The van der Waals surface area contributed by atoms with Gasteiger partial charge in [0.2, 0.25) is 0 Å². The minimum atomic E-state index is -0.364. The first-order valence-electron chi connectivity index (χ1n) is 7.59. The Balaban J connectivity index is 0.00000242. The highest BCUT2D eigenvalue weighted by Gasteiger charge is 2.42. The van der Waals surface area contributed by atoms with Gasteiger partial charge in [0.05, 0.1) is 5.54 Å². The number of halogens is 1. The van der Waals surface area contributed by atoms with Gasteiger partial charge in [-0.3, -0.25) is 9.59 Å². The second kappa shape index (κ2) is 6.84. The third kappa shape index (κ3) is 3.36. The number of nitrogens with two attached hydrogens (primary N) is 1. The number of Topliss-reactive ketones (excluding diaryl/α,β-unsaturated/α-hetero) is 1. The van der Waals surface area contributed by atoms with E-state index in [1.807, 2.05) is 20.8 Å². The summed E-state index contributed by atoms with van der Waals surface area (Å²) >= 11 is 0. The number of aromatic nitrogens is 1. The molecule has 1 unspecified atom stereocenters. The number of carbonyl (C=O) groups excluding carboxylic acids is 2. The van der Waals surface area contributed by atoms with Crippen molar-refractivity contribution in [1.29, 1.82) is 0 Å². The zero-order valence-corrected chi connectivity index (χ0v) is 14.5. The summed E-state index contributed by atoms with van der Waals surface area (Å²) < 4.78 is 0. The molecule has 1 fully saturated rings. The van der Waals surface area contributed by atoms with Crippen LogP contribution in [-0.4, -0.2) is 28.8 Å². The maximum atomic E-state index is 12.6. The van der Waals surface area contributed by atoms with E-state index in [4.69, 9.17) is 5.73 Å². The van der Waals surface area contributed by atoms with Crippen molar-refractivity contribution < 1.29 is 9.59 Å². The first kappa shape index (κ1) is 18.7. The molecule has 1 aliphatic rings. The van der Waals surface area contributed by atoms with Crippen LogP contribution in [0, 0.1) is 12.8 Å². The molecule has 2 rings (SSSR count). The van der Waals surface area contributed by atoms with Crippen molar-refractivity contribution in [2.24, 2.45) is 11.7 Å². The largest absolute Gasteiger partial charge is 0.354 e. The fourth-order valence-electron chi connectivity index (χ4n) is 3.06. The molecule has 0 radical (unpaired) electrons. The normalized spacial score (nSPS) is 16.6. The minimum absolute atomic E-state index is 0. The van der Waals surface area contributed by atoms with E-state index in [1.54, 1.807) is 0 Å². The van der Waals surface area contributed by atoms with Gasteiger partial charge in [0.25, 0.3) is 5.91 Å². The molecule has 0 spiro atoms. The SMILES string of the molecule is CCc1c(C(=O)NC(C)(CN)C2CC2)[nH]c(C)c1C(C)=O.Cl. The molecule has 1 aromatic heterocycles. The van der Waals surface area contributed by atoms with E-state index in [2.05, 4.69) is 10.3 Å². The number of nitrogens with one attached hydrogen (secondary N) is 2. The lowest BCUT2D eigenvalue weighted by Crippen LogP contribution is -2.53. The molecule has 124 valence electrons. The van der Waals surface area contributed by atoms with Gasteiger partial charge in [-0.05, 0) is 51.5 Å². The Morgan fingerprint density at radius 3 is 2.41 bits per heavy atom. The average molecular weight is 328 g/mol. The molecule has 4 N–H and O–H groups in total. The number of ketones is 1. The fraction of sp³-hybridized carbons (Fsp3) is 0.625. The third-order valence-electron chi connectivity index (χ3n) is 4.53. The lowest BCUT2D eigenvalue weighted by atomic mass is 9.95. The quantitative estimate of drug-likeness (QED) is 0.701. The van der Waals surface area contributed by atoms with Crippen LogP contribution in [0.5, 0.6) is 0 Å². The first-order chi connectivity index (χ1) is 9.84. The highest BCUT2D eigenvalue weighted by Crippen LogP contribution is 2.39. The van der Waals surface area contributed by atoms with Crippen molar-refractivity contribution in [3.63, 3.8) is 0 Å². The Hall–Kier alpha value is -1.33. The Bertz CT molecular complexity index is 578. The van der Waals surface area contributed by atoms with Crippen LogP contribution in [-0.2, 0) is 6.42 Å². The number of H-pyrrole nitrogens is 1. The van der Waals surface area contributed by atoms with Crippen LogP contribution in [0.15, 0.2) is 0 Å². The predicted molar refractivity (Wildman–Crippen MR) is 89.8 cm³/mol. The van der Waals surface area contributed by atoms with Crippen molar-refractivity contribution >= 4 is 24.1 Å². The van der Waals surface area contributed by atoms with E-state index in [0.29, 0.717) is 30.1 Å². The van der Waals surface area contributed by atoms with Gasteiger partial charge in [-0.2, -0.15) is 0 Å². The Kier molecular flexibility index (Phi) is 5.82. The molecule has 0 aromatic carbocycles. The molecule has 1 atom stereocenters. The Morgan fingerprint density at radius 1 is 1.41 bits per heavy atom. The Morgan fingerprint density at radius 2 is 2.00 bits per heavy atom. The molecular weight excluding hydrogens is 302 g/mol. The van der Waals surface area contributed by atoms with Gasteiger partial charge < -0.3 is 16.0 Å². The van der Waals surface area contributed by atoms with Gasteiger partial charge in [-0.15, -0.1) is 12.4 Å². The van der Waals surface area contributed by atoms with Crippen molar-refractivity contribution in [3.8, 4) is 0 Å². The molecule has 6 heteroatoms. The second-order valence-corrected chi connectivity index (χ2v) is 6.24. The van der Waals surface area contributed by atoms with Gasteiger partial charge in [0.1, 0.15) is 5.69 Å². The fourth-order valence-corrected chi connectivity index (χ4v) is 3.06. The summed E-state index contributed by atoms with van der Waals surface area (Å²) in [6.07, 6.45) is 2.86. The molecule has 1 heterocycles. The van der Waals surface area contributed by atoms with E-state index in [9.17, 15) is 9.59 Å². The molecule has 1 amide bonds. The number of amides is 1. The second-order valence-electron chi connectivity index (χ2n) is 6.24. The molecule has 22 heavy (non-hydrogen) atoms. The zero-order valence-electron chi connectivity index (χ0n) is 13.7. The number of aromatic amines is 1. The summed E-state index contributed by atoms with van der Waals surface area (Å²) in [5.74, 6) is 0.283. The molecular formula is C16H26ClN3O2. The average Bonchev–Trinajstić information content (AvgIpc) is 3.21. The summed E-state index contributed by atoms with van der Waals surface area (Å²) in [5, 5.41) is 3.07. The lowest BCUT2D eigenvalue weighted by molar-refractivity contribution is 0.0892. The minimum Gasteiger partial charge on any atom is -0.354 e. The molecule has 0 saturated heterocycles. The van der Waals surface area contributed by atoms with Gasteiger partial charge >= 0.3 is 0 Å². The van der Waals surface area contributed by atoms with Gasteiger partial charge in [0, 0.05) is 17.8 Å². The number of rotatable bonds is 6. The van der Waals surface area contributed by atoms with E-state index in [1.165, 1.54) is 6.92 Å². The van der Waals surface area contributed by atoms with Crippen LogP contribution in [0.2, 0.25) is 0 Å². The molecule has 1 aliphatic carbocycles. The van der Waals surface area contributed by atoms with Crippen molar-refractivity contribution in [1.82, 2.24) is 10.3 Å². The van der Waals surface area contributed by atoms with Crippen molar-refractivity contribution in [2.45, 2.75) is 52.5 Å². The maximum absolute atomic E-state index is 12.6. The topological polar surface area (TPSA) is 88.0 Å². The highest BCUT2D eigenvalue weighted by atomic mass is 35.5. The maximum Gasteiger partial charge on any atom is 0.268 e. The number of hydrogen-bond acceptors (Lipinski definition) is 3. The molecule has 1 aromatic rings. The standard InChI is InChI=1S/C16H25N3O2.ClH/c1-5-12-13(10(3)20)9(2)18-14(12)15(21)19-16(4,8-17)11-6-7-11;/h11,18H,5-8,17H2,1-4H3,(H,19,21);1H. The summed E-state index contributed by atoms with van der Waals surface area (Å²) in [6.45, 7) is 7.73. The van der Waals surface area contributed by atoms with Crippen LogP contribution in [0.25, 0.3) is 0 Å². The smallest absolute Gasteiger partial charge is 0.268 e. The van der Waals surface area contributed by atoms with Crippen molar-refractivity contribution in [3.05, 3.63) is 22.5 Å². The lowest BCUT2D eigenvalue weighted by Gasteiger charge is -2.29. The Labute approximate surface area is 137 Å². The highest BCUT2D eigenvalue weighted by molar-refractivity contribution is 6.02. The van der Waals surface area contributed by atoms with Crippen LogP contribution in [0.4, 0.5) is 0 Å². The monoisotopic (exact) mass is 327 g/mol. The van der Waals surface area contributed by atoms with Gasteiger partial charge in [0.15, 0.2) is 5.78 Å². The molecule has 1 saturated carbocycles. The summed E-state index contributed by atoms with van der Waals surface area (Å²) in [4.78, 5) is 27.5. The van der Waals surface area contributed by atoms with E-state index >= 15 is 0 Å². The first-order valence-corrected chi connectivity index (χ1v) is 7.59. The summed E-state index contributed by atoms with van der Waals surface area (Å²) in [7, 11) is 0. The van der Waals surface area contributed by atoms with E-state index in [-0.39, 0.29) is 29.6 Å². The van der Waals surface area contributed by atoms with Crippen LogP contribution < -0.4 is 11.1 Å². The van der Waals surface area contributed by atoms with Crippen LogP contribution in [0.1, 0.15) is 65.7 Å². The van der Waals surface area contributed by atoms with Crippen LogP contribution in [0.3, 0.4) is 0 Å². The number of aryl methyl sites for hydroxylation is 1. The predicted octanol–water partition coefficient (Wildman–Crippen LogP) is 2.37. The zero-order chi connectivity index (χ0) is 15.8. The van der Waals surface area contributed by atoms with Crippen molar-refractivity contribution in [2.75, 3.05) is 6.54 Å². The third-order valence-corrected chi connectivity index (χ3v) is 4.53. The molecule has 5 nitrogen and oxygen atoms in total. The summed E-state index contributed by atoms with van der Waals surface area (Å²) in [6, 6.07) is 0. The van der Waals surface area contributed by atoms with E-state index in [0.717, 1.165) is 24.1 Å². The van der Waals surface area contributed by atoms with Gasteiger partial charge in [-0.1, -0.05) is 6.92 Å². The molecule has 0 aliphatic heterocycles. The summed E-state index contributed by atoms with van der Waals surface area (Å²) in [5.41, 5.74) is 8.18. The van der Waals surface area contributed by atoms with Gasteiger partial charge in [-0.25, -0.2) is 0 Å². The van der Waals surface area contributed by atoms with E-state index < -0.39 is 0 Å². The van der Waals surface area contributed by atoms with Crippen LogP contribution >= 0.6 is 12.4 Å². The number of hydrogen-bond donors (Lipinski definition) is 3.